The van der Waals surface area contributed by atoms with Crippen LogP contribution >= 0.6 is 0 Å². The van der Waals surface area contributed by atoms with Gasteiger partial charge in [-0.2, -0.15) is 0 Å². The Hall–Kier alpha value is -1.23. The third-order valence-corrected chi connectivity index (χ3v) is 2.86. The molecule has 0 aliphatic heterocycles. The number of carbonyl (C=O) groups is 3. The molecule has 5 heteroatoms. The van der Waals surface area contributed by atoms with Gasteiger partial charge in [0.15, 0.2) is 0 Å². The maximum atomic E-state index is 11.6. The molecule has 0 bridgehead atoms. The summed E-state index contributed by atoms with van der Waals surface area (Å²) in [6.45, 7) is 5.17. The predicted molar refractivity (Wildman–Crippen MR) is 63.9 cm³/mol. The van der Waals surface area contributed by atoms with Crippen molar-refractivity contribution in [3.05, 3.63) is 0 Å². The summed E-state index contributed by atoms with van der Waals surface area (Å²) in [5, 5.41) is 11.5. The molecule has 2 N–H and O–H groups in total. The van der Waals surface area contributed by atoms with E-state index in [4.69, 9.17) is 5.11 Å². The fourth-order valence-electron chi connectivity index (χ4n) is 1.71. The number of aldehydes is 1. The molecule has 0 aromatic heterocycles. The van der Waals surface area contributed by atoms with Crippen LogP contribution in [-0.4, -0.2) is 34.7 Å². The Morgan fingerprint density at radius 2 is 2.06 bits per heavy atom. The highest BCUT2D eigenvalue weighted by molar-refractivity contribution is 5.86. The molecule has 0 radical (unpaired) electrons. The third kappa shape index (κ3) is 5.58. The molecule has 0 aromatic carbocycles. The molecule has 2 atom stereocenters. The van der Waals surface area contributed by atoms with Crippen molar-refractivity contribution in [2.45, 2.75) is 58.0 Å². The number of hydrogen-bond donors (Lipinski definition) is 2. The Morgan fingerprint density at radius 3 is 2.41 bits per heavy atom. The zero-order valence-corrected chi connectivity index (χ0v) is 10.7. The number of hydrogen-bond acceptors (Lipinski definition) is 4. The number of nitrogens with one attached hydrogen (secondary N) is 1. The van der Waals surface area contributed by atoms with Crippen LogP contribution in [0.5, 0.6) is 0 Å². The van der Waals surface area contributed by atoms with Gasteiger partial charge < -0.3 is 9.90 Å². The summed E-state index contributed by atoms with van der Waals surface area (Å²) in [4.78, 5) is 32.8. The molecular formula is C12H21NO4. The highest BCUT2D eigenvalue weighted by Crippen LogP contribution is 2.15. The van der Waals surface area contributed by atoms with E-state index in [1.807, 2.05) is 6.92 Å². The van der Waals surface area contributed by atoms with Crippen LogP contribution in [0.1, 0.15) is 46.5 Å². The Bertz CT molecular complexity index is 290. The molecular weight excluding hydrogens is 222 g/mol. The lowest BCUT2D eigenvalue weighted by atomic mass is 9.90. The lowest BCUT2D eigenvalue weighted by molar-refractivity contribution is -0.137. The fourth-order valence-corrected chi connectivity index (χ4v) is 1.71. The minimum Gasteiger partial charge on any atom is -0.481 e. The highest BCUT2D eigenvalue weighted by Gasteiger charge is 2.31. The number of aliphatic carboxylic acids is 1. The summed E-state index contributed by atoms with van der Waals surface area (Å²) in [7, 11) is 0. The van der Waals surface area contributed by atoms with Crippen LogP contribution in [0.15, 0.2) is 0 Å². The monoisotopic (exact) mass is 243 g/mol. The van der Waals surface area contributed by atoms with Crippen molar-refractivity contribution in [2.75, 3.05) is 0 Å². The van der Waals surface area contributed by atoms with Gasteiger partial charge in [-0.05, 0) is 26.7 Å². The number of carboxylic acids is 1. The fraction of sp³-hybridized carbons (Fsp3) is 0.750. The molecule has 2 unspecified atom stereocenters. The van der Waals surface area contributed by atoms with Gasteiger partial charge in [-0.25, -0.2) is 0 Å². The molecule has 0 spiro atoms. The van der Waals surface area contributed by atoms with E-state index in [0.717, 1.165) is 6.42 Å². The summed E-state index contributed by atoms with van der Waals surface area (Å²) in [6, 6.07) is -0.591. The molecule has 0 saturated heterocycles. The quantitative estimate of drug-likeness (QED) is 0.594. The molecule has 0 aromatic rings. The zero-order valence-electron chi connectivity index (χ0n) is 10.7. The van der Waals surface area contributed by atoms with E-state index in [9.17, 15) is 14.4 Å². The van der Waals surface area contributed by atoms with Crippen molar-refractivity contribution in [1.82, 2.24) is 5.32 Å². The van der Waals surface area contributed by atoms with Crippen molar-refractivity contribution in [3.8, 4) is 0 Å². The Balaban J connectivity index is 4.54. The van der Waals surface area contributed by atoms with E-state index in [-0.39, 0.29) is 18.6 Å². The molecule has 0 rings (SSSR count). The van der Waals surface area contributed by atoms with Gasteiger partial charge in [0.05, 0.1) is 11.6 Å². The molecule has 98 valence electrons. The topological polar surface area (TPSA) is 83.5 Å². The van der Waals surface area contributed by atoms with Gasteiger partial charge in [0, 0.05) is 6.42 Å². The Morgan fingerprint density at radius 1 is 1.47 bits per heavy atom. The van der Waals surface area contributed by atoms with Crippen LogP contribution in [0.2, 0.25) is 0 Å². The first-order valence-electron chi connectivity index (χ1n) is 5.81. The van der Waals surface area contributed by atoms with Crippen molar-refractivity contribution >= 4 is 18.0 Å². The van der Waals surface area contributed by atoms with E-state index in [2.05, 4.69) is 5.32 Å². The molecule has 0 saturated carbocycles. The third-order valence-electron chi connectivity index (χ3n) is 2.86. The molecule has 0 amide bonds. The van der Waals surface area contributed by atoms with Gasteiger partial charge >= 0.3 is 5.97 Å². The Kier molecular flexibility index (Phi) is 6.65. The average Bonchev–Trinajstić information content (AvgIpc) is 2.24. The number of carbonyl (C=O) groups excluding carboxylic acids is 2. The standard InChI is InChI=1S/C12H21NO4/c1-4-7-12(3,9(2)15)13-10(8-14)5-6-11(16)17/h8,10,13H,4-7H2,1-3H3,(H,16,17). The van der Waals surface area contributed by atoms with E-state index in [1.54, 1.807) is 6.92 Å². The van der Waals surface area contributed by atoms with E-state index < -0.39 is 17.6 Å². The lowest BCUT2D eigenvalue weighted by Gasteiger charge is -2.30. The minimum atomic E-state index is -0.946. The molecule has 0 heterocycles. The number of ketones is 1. The maximum Gasteiger partial charge on any atom is 0.303 e. The largest absolute Gasteiger partial charge is 0.481 e. The Labute approximate surface area is 102 Å². The van der Waals surface area contributed by atoms with Gasteiger partial charge in [-0.1, -0.05) is 13.3 Å². The second-order valence-corrected chi connectivity index (χ2v) is 4.46. The van der Waals surface area contributed by atoms with Crippen LogP contribution < -0.4 is 5.32 Å². The van der Waals surface area contributed by atoms with Gasteiger partial charge in [-0.15, -0.1) is 0 Å². The highest BCUT2D eigenvalue weighted by atomic mass is 16.4. The normalized spacial score (nSPS) is 15.9. The smallest absolute Gasteiger partial charge is 0.303 e. The predicted octanol–water partition coefficient (Wildman–Crippen LogP) is 1.16. The van der Waals surface area contributed by atoms with Crippen molar-refractivity contribution in [3.63, 3.8) is 0 Å². The summed E-state index contributed by atoms with van der Waals surface area (Å²) >= 11 is 0. The number of carboxylic acid groups (broad SMARTS) is 1. The summed E-state index contributed by atoms with van der Waals surface area (Å²) in [5.41, 5.74) is -0.751. The molecule has 0 aliphatic carbocycles. The van der Waals surface area contributed by atoms with Gasteiger partial charge in [0.25, 0.3) is 0 Å². The first kappa shape index (κ1) is 15.8. The summed E-state index contributed by atoms with van der Waals surface area (Å²) < 4.78 is 0. The first-order chi connectivity index (χ1) is 7.85. The van der Waals surface area contributed by atoms with Gasteiger partial charge in [-0.3, -0.25) is 14.9 Å². The number of Topliss-reactive ketones (excluding diaryl/α,β-unsaturated/α-hetero) is 1. The minimum absolute atomic E-state index is 0.0403. The number of rotatable bonds is 9. The van der Waals surface area contributed by atoms with E-state index in [0.29, 0.717) is 12.7 Å². The summed E-state index contributed by atoms with van der Waals surface area (Å²) in [6.07, 6.45) is 2.22. The second-order valence-electron chi connectivity index (χ2n) is 4.46. The van der Waals surface area contributed by atoms with Gasteiger partial charge in [0.1, 0.15) is 12.1 Å². The van der Waals surface area contributed by atoms with Crippen LogP contribution in [0, 0.1) is 0 Å². The van der Waals surface area contributed by atoms with Crippen molar-refractivity contribution in [2.24, 2.45) is 0 Å². The SMILES string of the molecule is CCCC(C)(NC(C=O)CCC(=O)O)C(C)=O. The zero-order chi connectivity index (χ0) is 13.5. The van der Waals surface area contributed by atoms with E-state index >= 15 is 0 Å². The van der Waals surface area contributed by atoms with Crippen LogP contribution in [0.4, 0.5) is 0 Å². The van der Waals surface area contributed by atoms with Crippen LogP contribution in [-0.2, 0) is 14.4 Å². The molecule has 5 nitrogen and oxygen atoms in total. The molecule has 0 fully saturated rings. The lowest BCUT2D eigenvalue weighted by Crippen LogP contribution is -2.53. The van der Waals surface area contributed by atoms with Crippen LogP contribution in [0.3, 0.4) is 0 Å². The summed E-state index contributed by atoms with van der Waals surface area (Å²) in [5.74, 6) is -0.986. The van der Waals surface area contributed by atoms with Crippen molar-refractivity contribution < 1.29 is 19.5 Å². The maximum absolute atomic E-state index is 11.6. The second kappa shape index (κ2) is 7.17. The van der Waals surface area contributed by atoms with Crippen LogP contribution in [0.25, 0.3) is 0 Å². The first-order valence-corrected chi connectivity index (χ1v) is 5.81. The van der Waals surface area contributed by atoms with Crippen molar-refractivity contribution in [1.29, 1.82) is 0 Å². The molecule has 0 aliphatic rings. The molecule has 17 heavy (non-hydrogen) atoms. The van der Waals surface area contributed by atoms with E-state index in [1.165, 1.54) is 6.92 Å². The average molecular weight is 243 g/mol. The van der Waals surface area contributed by atoms with Gasteiger partial charge in [0.2, 0.25) is 0 Å².